The number of fused-ring (bicyclic) bond motifs is 1. The summed E-state index contributed by atoms with van der Waals surface area (Å²) < 4.78 is 71.0. The molecule has 178 valence electrons. The molecule has 0 saturated heterocycles. The molecular formula is C25H29F3N2O2S. The zero-order chi connectivity index (χ0) is 24.2. The number of sulfonamides is 1. The van der Waals surface area contributed by atoms with E-state index in [1.165, 1.54) is 12.1 Å². The Kier molecular flexibility index (Phi) is 5.90. The van der Waals surface area contributed by atoms with Crippen LogP contribution in [0.15, 0.2) is 48.7 Å². The SMILES string of the molecule is CC(C)Cn1cc(C(C)(C)NS(=O)(=O)C2CC2)c2ccc(-c3ccccc3C(F)(F)F)cc21. The molecule has 0 amide bonds. The summed E-state index contributed by atoms with van der Waals surface area (Å²) in [5.74, 6) is 0.297. The molecule has 2 aromatic carbocycles. The predicted molar refractivity (Wildman–Crippen MR) is 125 cm³/mol. The molecule has 1 saturated carbocycles. The second kappa shape index (κ2) is 8.17. The van der Waals surface area contributed by atoms with Crippen molar-refractivity contribution in [2.75, 3.05) is 0 Å². The van der Waals surface area contributed by atoms with Crippen molar-refractivity contribution in [3.05, 3.63) is 59.8 Å². The highest BCUT2D eigenvalue weighted by Crippen LogP contribution is 2.40. The van der Waals surface area contributed by atoms with Gasteiger partial charge >= 0.3 is 6.18 Å². The van der Waals surface area contributed by atoms with Gasteiger partial charge in [-0.3, -0.25) is 0 Å². The Bertz CT molecular complexity index is 1290. The highest BCUT2D eigenvalue weighted by Gasteiger charge is 2.40. The number of hydrogen-bond acceptors (Lipinski definition) is 2. The monoisotopic (exact) mass is 478 g/mol. The van der Waals surface area contributed by atoms with Crippen molar-refractivity contribution in [2.24, 2.45) is 5.92 Å². The summed E-state index contributed by atoms with van der Waals surface area (Å²) in [5.41, 5.74) is 0.641. The van der Waals surface area contributed by atoms with Crippen LogP contribution in [0, 0.1) is 5.92 Å². The van der Waals surface area contributed by atoms with Gasteiger partial charge in [-0.15, -0.1) is 0 Å². The van der Waals surface area contributed by atoms with Crippen LogP contribution < -0.4 is 4.72 Å². The zero-order valence-electron chi connectivity index (χ0n) is 19.2. The standard InChI is InChI=1S/C25H29F3N2O2S/c1-16(2)14-30-15-22(24(3,4)29-33(31,32)18-10-11-18)20-12-9-17(13-23(20)30)19-7-5-6-8-21(19)25(26,27)28/h5-9,12-13,15-16,18,29H,10-11,14H2,1-4H3. The maximum atomic E-state index is 13.6. The van der Waals surface area contributed by atoms with Crippen LogP contribution in [0.3, 0.4) is 0 Å². The summed E-state index contributed by atoms with van der Waals surface area (Å²) in [6.07, 6.45) is -1.19. The summed E-state index contributed by atoms with van der Waals surface area (Å²) in [5, 5.41) is 0.485. The second-order valence-electron chi connectivity index (χ2n) is 9.84. The molecule has 3 aromatic rings. The molecule has 0 bridgehead atoms. The molecule has 0 atom stereocenters. The first-order valence-corrected chi connectivity index (χ1v) is 12.7. The van der Waals surface area contributed by atoms with Gasteiger partial charge in [0.15, 0.2) is 0 Å². The van der Waals surface area contributed by atoms with Gasteiger partial charge in [-0.2, -0.15) is 13.2 Å². The van der Waals surface area contributed by atoms with Gasteiger partial charge < -0.3 is 4.57 Å². The maximum Gasteiger partial charge on any atom is 0.417 e. The lowest BCUT2D eigenvalue weighted by Crippen LogP contribution is -2.42. The first-order chi connectivity index (χ1) is 15.3. The van der Waals surface area contributed by atoms with Gasteiger partial charge in [-0.05, 0) is 61.4 Å². The highest BCUT2D eigenvalue weighted by molar-refractivity contribution is 7.90. The van der Waals surface area contributed by atoms with E-state index < -0.39 is 27.3 Å². The fraction of sp³-hybridized carbons (Fsp3) is 0.440. The van der Waals surface area contributed by atoms with Crippen LogP contribution in [0.4, 0.5) is 13.2 Å². The van der Waals surface area contributed by atoms with Gasteiger partial charge in [0.1, 0.15) is 0 Å². The first kappa shape index (κ1) is 23.8. The molecule has 1 aliphatic carbocycles. The number of nitrogens with one attached hydrogen (secondary N) is 1. The Balaban J connectivity index is 1.86. The fourth-order valence-electron chi connectivity index (χ4n) is 4.36. The number of nitrogens with zero attached hydrogens (tertiary/aromatic N) is 1. The Morgan fingerprint density at radius 1 is 1.06 bits per heavy atom. The minimum absolute atomic E-state index is 0.124. The van der Waals surface area contributed by atoms with E-state index in [1.807, 2.05) is 24.6 Å². The van der Waals surface area contributed by atoms with Crippen molar-refractivity contribution in [3.63, 3.8) is 0 Å². The summed E-state index contributed by atoms with van der Waals surface area (Å²) in [7, 11) is -3.43. The maximum absolute atomic E-state index is 13.6. The van der Waals surface area contributed by atoms with Gasteiger partial charge in [-0.25, -0.2) is 13.1 Å². The molecule has 1 aliphatic rings. The number of alkyl halides is 3. The molecule has 33 heavy (non-hydrogen) atoms. The summed E-state index contributed by atoms with van der Waals surface area (Å²) >= 11 is 0. The van der Waals surface area contributed by atoms with E-state index in [1.54, 1.807) is 24.3 Å². The van der Waals surface area contributed by atoms with Crippen LogP contribution >= 0.6 is 0 Å². The van der Waals surface area contributed by atoms with Crippen molar-refractivity contribution < 1.29 is 21.6 Å². The van der Waals surface area contributed by atoms with Crippen LogP contribution in [0.25, 0.3) is 22.0 Å². The Hall–Kier alpha value is -2.32. The first-order valence-electron chi connectivity index (χ1n) is 11.1. The average Bonchev–Trinajstić information content (AvgIpc) is 3.50. The third-order valence-corrected chi connectivity index (χ3v) is 8.17. The molecular weight excluding hydrogens is 449 g/mol. The Morgan fingerprint density at radius 2 is 1.73 bits per heavy atom. The minimum atomic E-state index is -4.46. The summed E-state index contributed by atoms with van der Waals surface area (Å²) in [4.78, 5) is 0. The van der Waals surface area contributed by atoms with Crippen LogP contribution in [0.2, 0.25) is 0 Å². The number of aromatic nitrogens is 1. The normalized spacial score (nSPS) is 15.5. The number of hydrogen-bond donors (Lipinski definition) is 1. The fourth-order valence-corrected chi connectivity index (χ4v) is 6.10. The van der Waals surface area contributed by atoms with Gasteiger partial charge in [0.05, 0.1) is 16.4 Å². The average molecular weight is 479 g/mol. The van der Waals surface area contributed by atoms with Gasteiger partial charge in [-0.1, -0.05) is 44.2 Å². The quantitative estimate of drug-likeness (QED) is 0.433. The molecule has 0 spiro atoms. The van der Waals surface area contributed by atoms with Crippen molar-refractivity contribution in [1.82, 2.24) is 9.29 Å². The van der Waals surface area contributed by atoms with Crippen LogP contribution in [-0.4, -0.2) is 18.2 Å². The zero-order valence-corrected chi connectivity index (χ0v) is 20.0. The molecule has 8 heteroatoms. The van der Waals surface area contributed by atoms with Gasteiger partial charge in [0.2, 0.25) is 10.0 Å². The topological polar surface area (TPSA) is 51.1 Å². The third-order valence-electron chi connectivity index (χ3n) is 6.02. The third kappa shape index (κ3) is 4.82. The largest absolute Gasteiger partial charge is 0.417 e. The van der Waals surface area contributed by atoms with E-state index in [-0.39, 0.29) is 10.8 Å². The summed E-state index contributed by atoms with van der Waals surface area (Å²) in [6, 6.07) is 10.8. The Labute approximate surface area is 192 Å². The van der Waals surface area contributed by atoms with Crippen molar-refractivity contribution >= 4 is 20.9 Å². The van der Waals surface area contributed by atoms with Gasteiger partial charge in [0, 0.05) is 23.6 Å². The van der Waals surface area contributed by atoms with E-state index in [9.17, 15) is 21.6 Å². The molecule has 1 fully saturated rings. The molecule has 1 heterocycles. The predicted octanol–water partition coefficient (Wildman–Crippen LogP) is 6.30. The lowest BCUT2D eigenvalue weighted by Gasteiger charge is -2.26. The summed E-state index contributed by atoms with van der Waals surface area (Å²) in [6.45, 7) is 8.44. The van der Waals surface area contributed by atoms with E-state index in [4.69, 9.17) is 0 Å². The van der Waals surface area contributed by atoms with Crippen molar-refractivity contribution in [2.45, 2.75) is 64.0 Å². The molecule has 0 unspecified atom stereocenters. The van der Waals surface area contributed by atoms with E-state index in [0.717, 1.165) is 22.5 Å². The molecule has 0 aliphatic heterocycles. The number of benzene rings is 2. The number of rotatable bonds is 7. The Morgan fingerprint density at radius 3 is 2.33 bits per heavy atom. The number of halogens is 3. The van der Waals surface area contributed by atoms with Crippen LogP contribution in [-0.2, 0) is 28.3 Å². The molecule has 1 aromatic heterocycles. The lowest BCUT2D eigenvalue weighted by atomic mass is 9.93. The molecule has 1 N–H and O–H groups in total. The second-order valence-corrected chi connectivity index (χ2v) is 11.8. The lowest BCUT2D eigenvalue weighted by molar-refractivity contribution is -0.137. The minimum Gasteiger partial charge on any atom is -0.347 e. The molecule has 4 rings (SSSR count). The van der Waals surface area contributed by atoms with E-state index in [0.29, 0.717) is 30.9 Å². The smallest absolute Gasteiger partial charge is 0.347 e. The molecule has 0 radical (unpaired) electrons. The van der Waals surface area contributed by atoms with E-state index in [2.05, 4.69) is 18.6 Å². The van der Waals surface area contributed by atoms with Crippen molar-refractivity contribution in [3.8, 4) is 11.1 Å². The van der Waals surface area contributed by atoms with Crippen molar-refractivity contribution in [1.29, 1.82) is 0 Å². The van der Waals surface area contributed by atoms with Crippen LogP contribution in [0.1, 0.15) is 51.7 Å². The van der Waals surface area contributed by atoms with Gasteiger partial charge in [0.25, 0.3) is 0 Å². The highest BCUT2D eigenvalue weighted by atomic mass is 32.2. The molecule has 4 nitrogen and oxygen atoms in total. The van der Waals surface area contributed by atoms with Crippen LogP contribution in [0.5, 0.6) is 0 Å². The van der Waals surface area contributed by atoms with E-state index >= 15 is 0 Å².